The van der Waals surface area contributed by atoms with E-state index in [-0.39, 0.29) is 0 Å². The van der Waals surface area contributed by atoms with E-state index in [4.69, 9.17) is 4.74 Å². The van der Waals surface area contributed by atoms with Crippen LogP contribution >= 0.6 is 11.3 Å². The van der Waals surface area contributed by atoms with Crippen LogP contribution in [0, 0.1) is 6.92 Å². The molecule has 0 atom stereocenters. The molecule has 0 amide bonds. The summed E-state index contributed by atoms with van der Waals surface area (Å²) in [6.45, 7) is 9.17. The van der Waals surface area contributed by atoms with Crippen molar-refractivity contribution in [2.75, 3.05) is 13.2 Å². The summed E-state index contributed by atoms with van der Waals surface area (Å²) in [6, 6.07) is 8.15. The molecule has 1 aromatic carbocycles. The van der Waals surface area contributed by atoms with Gasteiger partial charge in [-0.15, -0.1) is 11.3 Å². The standard InChI is InChI=1S/C19H28N4OS/c1-4-6-10-24-17-9-7-8-16(11-17)13-22-19(20-5-2)23-14-18-21-12-15(3)25-18/h7-9,11-12H,4-6,10,13-14H2,1-3H3,(H2,20,22,23). The largest absolute Gasteiger partial charge is 0.494 e. The summed E-state index contributed by atoms with van der Waals surface area (Å²) in [5, 5.41) is 7.67. The zero-order valence-corrected chi connectivity index (χ0v) is 16.2. The van der Waals surface area contributed by atoms with E-state index in [0.717, 1.165) is 48.3 Å². The van der Waals surface area contributed by atoms with E-state index in [0.29, 0.717) is 13.1 Å². The quantitative estimate of drug-likeness (QED) is 0.405. The van der Waals surface area contributed by atoms with Crippen LogP contribution in [0.15, 0.2) is 35.5 Å². The molecule has 0 spiro atoms. The van der Waals surface area contributed by atoms with Gasteiger partial charge in [-0.2, -0.15) is 0 Å². The Labute approximate surface area is 154 Å². The van der Waals surface area contributed by atoms with Gasteiger partial charge in [0.25, 0.3) is 0 Å². The van der Waals surface area contributed by atoms with Crippen molar-refractivity contribution < 1.29 is 4.74 Å². The molecule has 0 unspecified atom stereocenters. The third-order valence-electron chi connectivity index (χ3n) is 3.51. The molecule has 0 saturated heterocycles. The molecule has 25 heavy (non-hydrogen) atoms. The highest BCUT2D eigenvalue weighted by atomic mass is 32.1. The van der Waals surface area contributed by atoms with Crippen molar-refractivity contribution in [2.24, 2.45) is 4.99 Å². The minimum absolute atomic E-state index is 0.608. The van der Waals surface area contributed by atoms with E-state index < -0.39 is 0 Å². The summed E-state index contributed by atoms with van der Waals surface area (Å²) < 4.78 is 5.76. The van der Waals surface area contributed by atoms with E-state index in [2.05, 4.69) is 53.5 Å². The van der Waals surface area contributed by atoms with Crippen molar-refractivity contribution in [1.82, 2.24) is 15.6 Å². The lowest BCUT2D eigenvalue weighted by atomic mass is 10.2. The molecule has 6 heteroatoms. The molecule has 1 heterocycles. The fraction of sp³-hybridized carbons (Fsp3) is 0.474. The van der Waals surface area contributed by atoms with Crippen LogP contribution < -0.4 is 15.4 Å². The number of nitrogens with zero attached hydrogens (tertiary/aromatic N) is 2. The second kappa shape index (κ2) is 10.7. The average Bonchev–Trinajstić information content (AvgIpc) is 3.03. The number of aliphatic imine (C=N–C) groups is 1. The first-order valence-electron chi connectivity index (χ1n) is 8.86. The average molecular weight is 361 g/mol. The number of unbranched alkanes of at least 4 members (excludes halogenated alkanes) is 1. The van der Waals surface area contributed by atoms with Crippen LogP contribution in [0.3, 0.4) is 0 Å². The Kier molecular flexibility index (Phi) is 8.25. The Morgan fingerprint density at radius 2 is 2.16 bits per heavy atom. The molecule has 0 aliphatic rings. The molecule has 0 aliphatic heterocycles. The first kappa shape index (κ1) is 19.2. The summed E-state index contributed by atoms with van der Waals surface area (Å²) in [4.78, 5) is 10.2. The SMILES string of the molecule is CCCCOc1cccc(CN=C(NCC)NCc2ncc(C)s2)c1. The second-order valence-corrected chi connectivity index (χ2v) is 7.08. The maximum Gasteiger partial charge on any atom is 0.191 e. The summed E-state index contributed by atoms with van der Waals surface area (Å²) >= 11 is 1.70. The molecular weight excluding hydrogens is 332 g/mol. The van der Waals surface area contributed by atoms with Gasteiger partial charge in [0.2, 0.25) is 0 Å². The van der Waals surface area contributed by atoms with Crippen molar-refractivity contribution in [2.45, 2.75) is 46.7 Å². The molecule has 1 aromatic heterocycles. The predicted octanol–water partition coefficient (Wildman–Crippen LogP) is 3.89. The highest BCUT2D eigenvalue weighted by molar-refractivity contribution is 7.11. The molecule has 2 rings (SSSR count). The van der Waals surface area contributed by atoms with E-state index in [1.54, 1.807) is 11.3 Å². The molecule has 2 aromatic rings. The fourth-order valence-corrected chi connectivity index (χ4v) is 2.95. The highest BCUT2D eigenvalue weighted by Gasteiger charge is 2.02. The number of thiazole rings is 1. The fourth-order valence-electron chi connectivity index (χ4n) is 2.22. The molecule has 0 bridgehead atoms. The predicted molar refractivity (Wildman–Crippen MR) is 105 cm³/mol. The van der Waals surface area contributed by atoms with Crippen molar-refractivity contribution in [3.05, 3.63) is 45.9 Å². The highest BCUT2D eigenvalue weighted by Crippen LogP contribution is 2.15. The number of nitrogens with one attached hydrogen (secondary N) is 2. The van der Waals surface area contributed by atoms with Gasteiger partial charge in [0.1, 0.15) is 10.8 Å². The zero-order valence-electron chi connectivity index (χ0n) is 15.3. The van der Waals surface area contributed by atoms with Gasteiger partial charge in [0.15, 0.2) is 5.96 Å². The first-order chi connectivity index (χ1) is 12.2. The Morgan fingerprint density at radius 3 is 2.88 bits per heavy atom. The maximum absolute atomic E-state index is 5.76. The smallest absolute Gasteiger partial charge is 0.191 e. The van der Waals surface area contributed by atoms with E-state index >= 15 is 0 Å². The van der Waals surface area contributed by atoms with Crippen molar-refractivity contribution in [3.8, 4) is 5.75 Å². The summed E-state index contributed by atoms with van der Waals surface area (Å²) in [5.74, 6) is 1.71. The van der Waals surface area contributed by atoms with Crippen LogP contribution in [0.1, 0.15) is 42.1 Å². The third-order valence-corrected chi connectivity index (χ3v) is 4.42. The first-order valence-corrected chi connectivity index (χ1v) is 9.68. The van der Waals surface area contributed by atoms with Gasteiger partial charge >= 0.3 is 0 Å². The number of hydrogen-bond donors (Lipinski definition) is 2. The minimum atomic E-state index is 0.608. The van der Waals surface area contributed by atoms with Crippen LogP contribution in [-0.2, 0) is 13.1 Å². The van der Waals surface area contributed by atoms with Crippen molar-refractivity contribution in [1.29, 1.82) is 0 Å². The van der Waals surface area contributed by atoms with Gasteiger partial charge in [-0.1, -0.05) is 25.5 Å². The molecule has 5 nitrogen and oxygen atoms in total. The number of aromatic nitrogens is 1. The summed E-state index contributed by atoms with van der Waals surface area (Å²) in [7, 11) is 0. The monoisotopic (exact) mass is 360 g/mol. The van der Waals surface area contributed by atoms with E-state index in [1.807, 2.05) is 18.3 Å². The van der Waals surface area contributed by atoms with E-state index in [1.165, 1.54) is 4.88 Å². The Balaban J connectivity index is 1.92. The van der Waals surface area contributed by atoms with Crippen LogP contribution in [0.4, 0.5) is 0 Å². The number of aryl methyl sites for hydroxylation is 1. The Hall–Kier alpha value is -2.08. The number of guanidine groups is 1. The van der Waals surface area contributed by atoms with Crippen LogP contribution in [0.25, 0.3) is 0 Å². The van der Waals surface area contributed by atoms with Gasteiger partial charge in [-0.25, -0.2) is 9.98 Å². The Bertz CT molecular complexity index is 669. The van der Waals surface area contributed by atoms with Crippen LogP contribution in [0.5, 0.6) is 5.75 Å². The normalized spacial score (nSPS) is 11.4. The van der Waals surface area contributed by atoms with Gasteiger partial charge in [-0.3, -0.25) is 0 Å². The number of hydrogen-bond acceptors (Lipinski definition) is 4. The molecule has 0 fully saturated rings. The zero-order chi connectivity index (χ0) is 17.9. The summed E-state index contributed by atoms with van der Waals surface area (Å²) in [6.07, 6.45) is 4.11. The third kappa shape index (κ3) is 7.13. The lowest BCUT2D eigenvalue weighted by Crippen LogP contribution is -2.36. The second-order valence-electron chi connectivity index (χ2n) is 5.76. The van der Waals surface area contributed by atoms with Crippen molar-refractivity contribution in [3.63, 3.8) is 0 Å². The molecular formula is C19H28N4OS. The van der Waals surface area contributed by atoms with Gasteiger partial charge in [0, 0.05) is 17.6 Å². The number of benzene rings is 1. The van der Waals surface area contributed by atoms with Crippen LogP contribution in [-0.4, -0.2) is 24.1 Å². The minimum Gasteiger partial charge on any atom is -0.494 e. The topological polar surface area (TPSA) is 58.5 Å². The molecule has 0 radical (unpaired) electrons. The Morgan fingerprint density at radius 1 is 1.28 bits per heavy atom. The van der Waals surface area contributed by atoms with Gasteiger partial charge in [0.05, 0.1) is 19.7 Å². The lowest BCUT2D eigenvalue weighted by Gasteiger charge is -2.10. The molecule has 0 saturated carbocycles. The molecule has 0 aliphatic carbocycles. The van der Waals surface area contributed by atoms with Gasteiger partial charge in [-0.05, 0) is 38.0 Å². The molecule has 2 N–H and O–H groups in total. The maximum atomic E-state index is 5.76. The molecule has 136 valence electrons. The van der Waals surface area contributed by atoms with Crippen molar-refractivity contribution >= 4 is 17.3 Å². The lowest BCUT2D eigenvalue weighted by molar-refractivity contribution is 0.309. The number of rotatable bonds is 9. The van der Waals surface area contributed by atoms with Crippen LogP contribution in [0.2, 0.25) is 0 Å². The van der Waals surface area contributed by atoms with E-state index in [9.17, 15) is 0 Å². The summed E-state index contributed by atoms with van der Waals surface area (Å²) in [5.41, 5.74) is 1.14. The van der Waals surface area contributed by atoms with Gasteiger partial charge < -0.3 is 15.4 Å². The number of ether oxygens (including phenoxy) is 1.